The van der Waals surface area contributed by atoms with Gasteiger partial charge in [-0.15, -0.1) is 0 Å². The van der Waals surface area contributed by atoms with Crippen molar-refractivity contribution in [3.8, 4) is 0 Å². The summed E-state index contributed by atoms with van der Waals surface area (Å²) in [4.78, 5) is 14.7. The van der Waals surface area contributed by atoms with Crippen molar-refractivity contribution in [2.24, 2.45) is 5.92 Å². The second kappa shape index (κ2) is 6.82. The number of piperidine rings is 1. The van der Waals surface area contributed by atoms with Gasteiger partial charge in [-0.3, -0.25) is 13.9 Å². The normalized spacial score (nSPS) is 30.2. The molecular formula is C17H23NO5S. The number of carbonyl (C=O) groups excluding carboxylic acids is 1. The Hall–Kier alpha value is -1.44. The molecule has 0 saturated carbocycles. The van der Waals surface area contributed by atoms with Crippen LogP contribution in [0.25, 0.3) is 0 Å². The first-order valence-corrected chi connectivity index (χ1v) is 9.71. The summed E-state index contributed by atoms with van der Waals surface area (Å²) < 4.78 is 35.8. The molecule has 7 heteroatoms. The molecule has 1 aromatic carbocycles. The minimum Gasteiger partial charge on any atom is -0.466 e. The SMILES string of the molecule is CCOC(=O)C1C(OS(=O)(=O)c2ccccc2)C[C@H]2CC[C@@H]1N2C. The number of esters is 1. The molecule has 2 fully saturated rings. The molecule has 6 nitrogen and oxygen atoms in total. The van der Waals surface area contributed by atoms with E-state index in [1.807, 2.05) is 7.05 Å². The van der Waals surface area contributed by atoms with Gasteiger partial charge in [0.25, 0.3) is 10.1 Å². The van der Waals surface area contributed by atoms with Crippen LogP contribution >= 0.6 is 0 Å². The molecule has 0 spiro atoms. The number of fused-ring (bicyclic) bond motifs is 2. The maximum atomic E-state index is 12.6. The molecule has 3 rings (SSSR count). The molecule has 4 atom stereocenters. The van der Waals surface area contributed by atoms with Gasteiger partial charge in [0, 0.05) is 12.1 Å². The lowest BCUT2D eigenvalue weighted by Crippen LogP contribution is -2.53. The Balaban J connectivity index is 1.86. The van der Waals surface area contributed by atoms with Crippen LogP contribution in [0.1, 0.15) is 26.2 Å². The Bertz CT molecular complexity index is 690. The van der Waals surface area contributed by atoms with Crippen LogP contribution in [0, 0.1) is 5.92 Å². The molecule has 2 heterocycles. The zero-order valence-electron chi connectivity index (χ0n) is 13.9. The van der Waals surface area contributed by atoms with Gasteiger partial charge in [-0.1, -0.05) is 18.2 Å². The summed E-state index contributed by atoms with van der Waals surface area (Å²) in [5.74, 6) is -0.949. The molecule has 2 aliphatic rings. The van der Waals surface area contributed by atoms with Crippen molar-refractivity contribution in [1.29, 1.82) is 0 Å². The average molecular weight is 353 g/mol. The van der Waals surface area contributed by atoms with E-state index in [-0.39, 0.29) is 29.6 Å². The minimum atomic E-state index is -3.90. The van der Waals surface area contributed by atoms with E-state index in [9.17, 15) is 13.2 Å². The second-order valence-corrected chi connectivity index (χ2v) is 7.95. The lowest BCUT2D eigenvalue weighted by Gasteiger charge is -2.40. The molecule has 2 aliphatic heterocycles. The average Bonchev–Trinajstić information content (AvgIpc) is 2.80. The predicted molar refractivity (Wildman–Crippen MR) is 87.8 cm³/mol. The fourth-order valence-corrected chi connectivity index (χ4v) is 5.00. The van der Waals surface area contributed by atoms with E-state index in [1.165, 1.54) is 12.1 Å². The number of rotatable bonds is 5. The molecule has 0 radical (unpaired) electrons. The number of nitrogens with zero attached hydrogens (tertiary/aromatic N) is 1. The highest BCUT2D eigenvalue weighted by molar-refractivity contribution is 7.86. The summed E-state index contributed by atoms with van der Waals surface area (Å²) in [6.07, 6.45) is 1.64. The summed E-state index contributed by atoms with van der Waals surface area (Å²) in [6.45, 7) is 2.02. The van der Waals surface area contributed by atoms with Crippen molar-refractivity contribution < 1.29 is 22.1 Å². The van der Waals surface area contributed by atoms with Gasteiger partial charge >= 0.3 is 5.97 Å². The molecule has 0 N–H and O–H groups in total. The molecule has 0 amide bonds. The van der Waals surface area contributed by atoms with Crippen LogP contribution in [0.3, 0.4) is 0 Å². The Morgan fingerprint density at radius 2 is 1.96 bits per heavy atom. The molecular weight excluding hydrogens is 330 g/mol. The topological polar surface area (TPSA) is 72.9 Å². The maximum absolute atomic E-state index is 12.6. The smallest absolute Gasteiger partial charge is 0.313 e. The van der Waals surface area contributed by atoms with Gasteiger partial charge in [0.15, 0.2) is 0 Å². The highest BCUT2D eigenvalue weighted by atomic mass is 32.2. The van der Waals surface area contributed by atoms with Crippen molar-refractivity contribution in [3.05, 3.63) is 30.3 Å². The summed E-state index contributed by atoms with van der Waals surface area (Å²) >= 11 is 0. The highest BCUT2D eigenvalue weighted by Crippen LogP contribution is 2.41. The monoisotopic (exact) mass is 353 g/mol. The molecule has 2 saturated heterocycles. The van der Waals surface area contributed by atoms with Crippen molar-refractivity contribution in [2.45, 2.75) is 49.3 Å². The van der Waals surface area contributed by atoms with Crippen molar-refractivity contribution in [1.82, 2.24) is 4.90 Å². The van der Waals surface area contributed by atoms with Crippen molar-refractivity contribution in [2.75, 3.05) is 13.7 Å². The third-order valence-corrected chi connectivity index (χ3v) is 6.41. The Morgan fingerprint density at radius 1 is 1.25 bits per heavy atom. The van der Waals surface area contributed by atoms with Gasteiger partial charge in [-0.25, -0.2) is 0 Å². The van der Waals surface area contributed by atoms with E-state index < -0.39 is 22.1 Å². The largest absolute Gasteiger partial charge is 0.466 e. The maximum Gasteiger partial charge on any atom is 0.313 e. The highest BCUT2D eigenvalue weighted by Gasteiger charge is 2.51. The van der Waals surface area contributed by atoms with Gasteiger partial charge in [0.2, 0.25) is 0 Å². The van der Waals surface area contributed by atoms with E-state index in [1.54, 1.807) is 25.1 Å². The van der Waals surface area contributed by atoms with E-state index in [2.05, 4.69) is 4.90 Å². The van der Waals surface area contributed by atoms with E-state index in [0.717, 1.165) is 12.8 Å². The fourth-order valence-electron chi connectivity index (χ4n) is 3.87. The van der Waals surface area contributed by atoms with E-state index in [4.69, 9.17) is 8.92 Å². The quantitative estimate of drug-likeness (QED) is 0.594. The van der Waals surface area contributed by atoms with Crippen LogP contribution in [-0.2, 0) is 23.8 Å². The Kier molecular flexibility index (Phi) is 4.94. The van der Waals surface area contributed by atoms with Crippen molar-refractivity contribution >= 4 is 16.1 Å². The van der Waals surface area contributed by atoms with Gasteiger partial charge < -0.3 is 4.74 Å². The van der Waals surface area contributed by atoms with E-state index >= 15 is 0 Å². The molecule has 132 valence electrons. The van der Waals surface area contributed by atoms with Gasteiger partial charge in [0.05, 0.1) is 23.5 Å². The standard InChI is InChI=1S/C17H23NO5S/c1-3-22-17(19)16-14-10-9-12(18(14)2)11-15(16)23-24(20,21)13-7-5-4-6-8-13/h4-8,12,14-16H,3,9-11H2,1-2H3/t12-,14+,15?,16?/m1/s1. The molecule has 2 bridgehead atoms. The third-order valence-electron chi connectivity index (χ3n) is 5.06. The van der Waals surface area contributed by atoms with Crippen molar-refractivity contribution in [3.63, 3.8) is 0 Å². The van der Waals surface area contributed by atoms with Gasteiger partial charge in [-0.05, 0) is 45.4 Å². The Labute approximate surface area is 142 Å². The molecule has 0 aliphatic carbocycles. The molecule has 0 aromatic heterocycles. The fraction of sp³-hybridized carbons (Fsp3) is 0.588. The second-order valence-electron chi connectivity index (χ2n) is 6.38. The van der Waals surface area contributed by atoms with Gasteiger partial charge in [-0.2, -0.15) is 8.42 Å². The van der Waals surface area contributed by atoms with Crippen LogP contribution in [0.4, 0.5) is 0 Å². The number of benzene rings is 1. The number of carbonyl (C=O) groups is 1. The predicted octanol–water partition coefficient (Wildman–Crippen LogP) is 1.81. The first-order valence-electron chi connectivity index (χ1n) is 8.31. The van der Waals surface area contributed by atoms with Crippen LogP contribution in [0.2, 0.25) is 0 Å². The first kappa shape index (κ1) is 17.4. The third kappa shape index (κ3) is 3.20. The zero-order chi connectivity index (χ0) is 17.3. The van der Waals surface area contributed by atoms with Crippen LogP contribution in [-0.4, -0.2) is 51.1 Å². The summed E-state index contributed by atoms with van der Waals surface area (Å²) in [7, 11) is -1.92. The summed E-state index contributed by atoms with van der Waals surface area (Å²) in [5, 5.41) is 0. The lowest BCUT2D eigenvalue weighted by atomic mass is 9.88. The van der Waals surface area contributed by atoms with E-state index in [0.29, 0.717) is 6.42 Å². The summed E-state index contributed by atoms with van der Waals surface area (Å²) in [6, 6.07) is 8.26. The minimum absolute atomic E-state index is 0.0289. The number of ether oxygens (including phenoxy) is 1. The number of hydrogen-bond donors (Lipinski definition) is 0. The molecule has 1 aromatic rings. The first-order chi connectivity index (χ1) is 11.4. The van der Waals surface area contributed by atoms with Crippen LogP contribution in [0.15, 0.2) is 35.2 Å². The van der Waals surface area contributed by atoms with Crippen LogP contribution in [0.5, 0.6) is 0 Å². The Morgan fingerprint density at radius 3 is 2.62 bits per heavy atom. The van der Waals surface area contributed by atoms with Crippen LogP contribution < -0.4 is 0 Å². The zero-order valence-corrected chi connectivity index (χ0v) is 14.7. The molecule has 24 heavy (non-hydrogen) atoms. The van der Waals surface area contributed by atoms with Gasteiger partial charge in [0.1, 0.15) is 0 Å². The number of hydrogen-bond acceptors (Lipinski definition) is 6. The summed E-state index contributed by atoms with van der Waals surface area (Å²) in [5.41, 5.74) is 0. The molecule has 2 unspecified atom stereocenters. The lowest BCUT2D eigenvalue weighted by molar-refractivity contribution is -0.156.